The molecule has 4 nitrogen and oxygen atoms in total. The first-order valence-electron chi connectivity index (χ1n) is 3.51. The molecule has 0 aliphatic heterocycles. The van der Waals surface area contributed by atoms with E-state index in [0.29, 0.717) is 6.54 Å². The van der Waals surface area contributed by atoms with Crippen molar-refractivity contribution in [1.82, 2.24) is 10.3 Å². The van der Waals surface area contributed by atoms with E-state index in [1.807, 2.05) is 0 Å². The number of nitrogens with two attached hydrogens (primary N) is 1. The van der Waals surface area contributed by atoms with E-state index in [0.717, 1.165) is 0 Å². The number of halogens is 2. The molecule has 0 aromatic rings. The molecule has 0 aliphatic carbocycles. The average molecular weight is 181 g/mol. The number of nitrogens with one attached hydrogen (secondary N) is 1. The van der Waals surface area contributed by atoms with Crippen LogP contribution in [0.1, 0.15) is 6.92 Å². The van der Waals surface area contributed by atoms with E-state index >= 15 is 0 Å². The fourth-order valence-corrected chi connectivity index (χ4v) is 0.628. The minimum Gasteiger partial charge on any atom is -0.300 e. The first-order chi connectivity index (χ1) is 5.44. The Hall–Kier alpha value is -0.750. The van der Waals surface area contributed by atoms with E-state index in [-0.39, 0.29) is 0 Å². The molecule has 0 aromatic heterocycles. The van der Waals surface area contributed by atoms with Gasteiger partial charge in [-0.25, -0.2) is 5.84 Å². The quantitative estimate of drug-likeness (QED) is 0.351. The number of amides is 1. The Labute approximate surface area is 69.7 Å². The van der Waals surface area contributed by atoms with Crippen molar-refractivity contribution in [2.24, 2.45) is 5.84 Å². The number of hydrogen-bond acceptors (Lipinski definition) is 3. The predicted octanol–water partition coefficient (Wildman–Crippen LogP) is -0.437. The van der Waals surface area contributed by atoms with Crippen molar-refractivity contribution in [2.45, 2.75) is 12.8 Å². The second-order valence-electron chi connectivity index (χ2n) is 2.51. The van der Waals surface area contributed by atoms with Crippen LogP contribution in [0.15, 0.2) is 0 Å². The highest BCUT2D eigenvalue weighted by Gasteiger charge is 2.38. The van der Waals surface area contributed by atoms with Gasteiger partial charge in [0.2, 0.25) is 0 Å². The monoisotopic (exact) mass is 181 g/mol. The van der Waals surface area contributed by atoms with E-state index in [4.69, 9.17) is 0 Å². The van der Waals surface area contributed by atoms with Crippen molar-refractivity contribution in [1.29, 1.82) is 0 Å². The second-order valence-corrected chi connectivity index (χ2v) is 2.51. The van der Waals surface area contributed by atoms with Crippen LogP contribution >= 0.6 is 0 Å². The molecule has 0 aromatic carbocycles. The third-order valence-corrected chi connectivity index (χ3v) is 1.47. The van der Waals surface area contributed by atoms with Gasteiger partial charge in [0.25, 0.3) is 0 Å². The Morgan fingerprint density at radius 1 is 1.67 bits per heavy atom. The number of hydrazine groups is 1. The Bertz CT molecular complexity index is 163. The van der Waals surface area contributed by atoms with Crippen LogP contribution in [0.25, 0.3) is 0 Å². The molecular weight excluding hydrogens is 168 g/mol. The number of nitrogens with zero attached hydrogens (tertiary/aromatic N) is 1. The van der Waals surface area contributed by atoms with Gasteiger partial charge in [-0.3, -0.25) is 10.2 Å². The molecule has 1 amide bonds. The molecular formula is C6H13F2N3O. The zero-order chi connectivity index (χ0) is 9.78. The fourth-order valence-electron chi connectivity index (χ4n) is 0.628. The first kappa shape index (κ1) is 11.2. The van der Waals surface area contributed by atoms with Gasteiger partial charge < -0.3 is 4.90 Å². The van der Waals surface area contributed by atoms with Crippen LogP contribution in [-0.2, 0) is 4.79 Å². The van der Waals surface area contributed by atoms with E-state index in [9.17, 15) is 13.6 Å². The summed E-state index contributed by atoms with van der Waals surface area (Å²) in [4.78, 5) is 11.8. The normalized spacial score (nSPS) is 11.8. The van der Waals surface area contributed by atoms with Gasteiger partial charge in [-0.15, -0.1) is 0 Å². The summed E-state index contributed by atoms with van der Waals surface area (Å²) in [5.74, 6) is -0.296. The molecule has 0 radical (unpaired) electrons. The SMILES string of the molecule is CCN(C)CC(F)(F)C(=O)NN. The number of carbonyl (C=O) groups is 1. The van der Waals surface area contributed by atoms with Crippen molar-refractivity contribution in [3.63, 3.8) is 0 Å². The first-order valence-corrected chi connectivity index (χ1v) is 3.51. The molecule has 0 saturated carbocycles. The number of alkyl halides is 2. The number of rotatable bonds is 4. The molecule has 72 valence electrons. The highest BCUT2D eigenvalue weighted by atomic mass is 19.3. The van der Waals surface area contributed by atoms with Crippen molar-refractivity contribution in [3.8, 4) is 0 Å². The van der Waals surface area contributed by atoms with Crippen LogP contribution in [0.5, 0.6) is 0 Å². The van der Waals surface area contributed by atoms with Crippen LogP contribution in [0, 0.1) is 0 Å². The molecule has 6 heteroatoms. The molecule has 0 atom stereocenters. The van der Waals surface area contributed by atoms with Crippen molar-refractivity contribution in [2.75, 3.05) is 20.1 Å². The highest BCUT2D eigenvalue weighted by Crippen LogP contribution is 2.13. The number of hydrogen-bond donors (Lipinski definition) is 2. The number of carbonyl (C=O) groups excluding carboxylic acids is 1. The molecule has 12 heavy (non-hydrogen) atoms. The lowest BCUT2D eigenvalue weighted by Crippen LogP contribution is -2.49. The lowest BCUT2D eigenvalue weighted by molar-refractivity contribution is -0.147. The predicted molar refractivity (Wildman–Crippen MR) is 40.4 cm³/mol. The van der Waals surface area contributed by atoms with Gasteiger partial charge in [-0.2, -0.15) is 8.78 Å². The largest absolute Gasteiger partial charge is 0.338 e. The third kappa shape index (κ3) is 3.10. The summed E-state index contributed by atoms with van der Waals surface area (Å²) in [7, 11) is 1.50. The smallest absolute Gasteiger partial charge is 0.300 e. The Kier molecular flexibility index (Phi) is 4.05. The maximum Gasteiger partial charge on any atom is 0.338 e. The van der Waals surface area contributed by atoms with Gasteiger partial charge >= 0.3 is 11.8 Å². The lowest BCUT2D eigenvalue weighted by Gasteiger charge is -2.20. The maximum atomic E-state index is 12.7. The summed E-state index contributed by atoms with van der Waals surface area (Å²) in [5.41, 5.74) is 1.42. The standard InChI is InChI=1S/C6H13F2N3O/c1-3-11(2)4-6(7,8)5(12)10-9/h3-4,9H2,1-2H3,(H,10,12). The minimum atomic E-state index is -3.42. The van der Waals surface area contributed by atoms with E-state index < -0.39 is 18.4 Å². The topological polar surface area (TPSA) is 58.4 Å². The molecule has 0 unspecified atom stereocenters. The van der Waals surface area contributed by atoms with Crippen molar-refractivity contribution in [3.05, 3.63) is 0 Å². The summed E-state index contributed by atoms with van der Waals surface area (Å²) >= 11 is 0. The summed E-state index contributed by atoms with van der Waals surface area (Å²) in [6.45, 7) is 1.55. The van der Waals surface area contributed by atoms with E-state index in [1.54, 1.807) is 6.92 Å². The van der Waals surface area contributed by atoms with Crippen LogP contribution in [0.3, 0.4) is 0 Å². The molecule has 0 saturated heterocycles. The van der Waals surface area contributed by atoms with Gasteiger partial charge in [-0.05, 0) is 13.6 Å². The molecule has 0 rings (SSSR count). The van der Waals surface area contributed by atoms with Crippen molar-refractivity contribution >= 4 is 5.91 Å². The zero-order valence-corrected chi connectivity index (χ0v) is 7.10. The van der Waals surface area contributed by atoms with E-state index in [2.05, 4.69) is 5.84 Å². The maximum absolute atomic E-state index is 12.7. The molecule has 0 bridgehead atoms. The summed E-state index contributed by atoms with van der Waals surface area (Å²) < 4.78 is 25.4. The van der Waals surface area contributed by atoms with Gasteiger partial charge in [-0.1, -0.05) is 6.92 Å². The third-order valence-electron chi connectivity index (χ3n) is 1.47. The second kappa shape index (κ2) is 4.32. The molecule has 0 aliphatic rings. The molecule has 0 fully saturated rings. The van der Waals surface area contributed by atoms with Gasteiger partial charge in [0.1, 0.15) is 0 Å². The Morgan fingerprint density at radius 2 is 2.17 bits per heavy atom. The van der Waals surface area contributed by atoms with Crippen LogP contribution in [-0.4, -0.2) is 36.9 Å². The molecule has 3 N–H and O–H groups in total. The van der Waals surface area contributed by atoms with Gasteiger partial charge in [0.15, 0.2) is 0 Å². The van der Waals surface area contributed by atoms with Crippen molar-refractivity contribution < 1.29 is 13.6 Å². The minimum absolute atomic E-state index is 0.452. The van der Waals surface area contributed by atoms with Crippen LogP contribution < -0.4 is 11.3 Å². The average Bonchev–Trinajstić information content (AvgIpc) is 2.02. The molecule has 0 spiro atoms. The Balaban J connectivity index is 4.11. The van der Waals surface area contributed by atoms with Crippen LogP contribution in [0.2, 0.25) is 0 Å². The van der Waals surface area contributed by atoms with E-state index in [1.165, 1.54) is 17.4 Å². The lowest BCUT2D eigenvalue weighted by atomic mass is 10.3. The summed E-state index contributed by atoms with van der Waals surface area (Å²) in [6, 6.07) is 0. The zero-order valence-electron chi connectivity index (χ0n) is 7.10. The fraction of sp³-hybridized carbons (Fsp3) is 0.833. The van der Waals surface area contributed by atoms with Crippen LogP contribution in [0.4, 0.5) is 8.78 Å². The van der Waals surface area contributed by atoms with Gasteiger partial charge in [0.05, 0.1) is 6.54 Å². The highest BCUT2D eigenvalue weighted by molar-refractivity contribution is 5.82. The Morgan fingerprint density at radius 3 is 2.50 bits per heavy atom. The summed E-state index contributed by atoms with van der Waals surface area (Å²) in [5, 5.41) is 0. The summed E-state index contributed by atoms with van der Waals surface area (Å²) in [6.07, 6.45) is 0. The van der Waals surface area contributed by atoms with Gasteiger partial charge in [0, 0.05) is 0 Å². The molecule has 0 heterocycles.